The van der Waals surface area contributed by atoms with E-state index < -0.39 is 11.7 Å². The minimum absolute atomic E-state index is 0.120. The van der Waals surface area contributed by atoms with Crippen molar-refractivity contribution in [2.75, 3.05) is 14.2 Å². The van der Waals surface area contributed by atoms with Crippen LogP contribution in [0.25, 0.3) is 21.9 Å². The first kappa shape index (κ1) is 20.6. The second kappa shape index (κ2) is 8.02. The lowest BCUT2D eigenvalue weighted by Crippen LogP contribution is -2.29. The molecule has 0 spiro atoms. The van der Waals surface area contributed by atoms with Gasteiger partial charge in [0, 0.05) is 23.3 Å². The molecule has 0 atom stereocenters. The quantitative estimate of drug-likeness (QED) is 0.413. The number of hydrogen-bond donors (Lipinski definition) is 0. The van der Waals surface area contributed by atoms with Crippen LogP contribution in [0.5, 0.6) is 11.5 Å². The van der Waals surface area contributed by atoms with E-state index in [2.05, 4.69) is 4.98 Å². The lowest BCUT2D eigenvalue weighted by molar-refractivity contribution is 0.0642. The van der Waals surface area contributed by atoms with Crippen molar-refractivity contribution >= 4 is 22.6 Å². The molecule has 0 radical (unpaired) electrons. The van der Waals surface area contributed by atoms with Crippen LogP contribution in [0.15, 0.2) is 67.0 Å². The van der Waals surface area contributed by atoms with Crippen LogP contribution < -0.4 is 9.47 Å². The van der Waals surface area contributed by atoms with Crippen LogP contribution in [0.2, 0.25) is 0 Å². The zero-order chi connectivity index (χ0) is 23.1. The van der Waals surface area contributed by atoms with E-state index in [0.717, 1.165) is 5.56 Å². The summed E-state index contributed by atoms with van der Waals surface area (Å²) in [6.07, 6.45) is 3.23. The van der Waals surface area contributed by atoms with Gasteiger partial charge in [-0.3, -0.25) is 19.5 Å². The number of aromatic nitrogens is 1. The van der Waals surface area contributed by atoms with Gasteiger partial charge in [-0.2, -0.15) is 0 Å². The maximum atomic E-state index is 13.7. The van der Waals surface area contributed by atoms with Gasteiger partial charge in [-0.05, 0) is 52.9 Å². The number of carbonyl (C=O) groups excluding carboxylic acids is 2. The third-order valence-electron chi connectivity index (χ3n) is 5.80. The van der Waals surface area contributed by atoms with Crippen LogP contribution in [0.4, 0.5) is 4.39 Å². The number of halogens is 1. The number of amides is 2. The maximum absolute atomic E-state index is 13.7. The highest BCUT2D eigenvalue weighted by Crippen LogP contribution is 2.46. The van der Waals surface area contributed by atoms with Crippen molar-refractivity contribution in [1.82, 2.24) is 9.88 Å². The fourth-order valence-electron chi connectivity index (χ4n) is 4.29. The number of hydrogen-bond acceptors (Lipinski definition) is 5. The van der Waals surface area contributed by atoms with Gasteiger partial charge in [0.25, 0.3) is 11.8 Å². The molecular weight excluding hydrogens is 423 g/mol. The van der Waals surface area contributed by atoms with Gasteiger partial charge in [0.05, 0.1) is 31.9 Å². The van der Waals surface area contributed by atoms with E-state index in [9.17, 15) is 14.0 Å². The molecule has 0 aliphatic carbocycles. The van der Waals surface area contributed by atoms with Crippen molar-refractivity contribution in [3.8, 4) is 22.6 Å². The van der Waals surface area contributed by atoms with Crippen molar-refractivity contribution in [1.29, 1.82) is 0 Å². The van der Waals surface area contributed by atoms with E-state index in [1.54, 1.807) is 48.8 Å². The number of ether oxygens (including phenoxy) is 2. The molecule has 7 heteroatoms. The molecule has 2 heterocycles. The number of nitrogens with zero attached hydrogens (tertiary/aromatic N) is 2. The average molecular weight is 442 g/mol. The Balaban J connectivity index is 1.80. The summed E-state index contributed by atoms with van der Waals surface area (Å²) in [4.78, 5) is 32.2. The summed E-state index contributed by atoms with van der Waals surface area (Å²) in [6.45, 7) is 0.120. The third-order valence-corrected chi connectivity index (χ3v) is 5.80. The van der Waals surface area contributed by atoms with Crippen LogP contribution in [0, 0.1) is 5.82 Å². The molecule has 0 unspecified atom stereocenters. The topological polar surface area (TPSA) is 68.7 Å². The van der Waals surface area contributed by atoms with Gasteiger partial charge in [0.15, 0.2) is 11.5 Å². The van der Waals surface area contributed by atoms with Crippen LogP contribution in [0.3, 0.4) is 0 Å². The summed E-state index contributed by atoms with van der Waals surface area (Å²) < 4.78 is 24.9. The van der Waals surface area contributed by atoms with Crippen LogP contribution in [-0.2, 0) is 6.54 Å². The lowest BCUT2D eigenvalue weighted by atomic mass is 9.89. The van der Waals surface area contributed by atoms with Crippen molar-refractivity contribution in [2.24, 2.45) is 0 Å². The Morgan fingerprint density at radius 2 is 1.61 bits per heavy atom. The first-order chi connectivity index (χ1) is 16.0. The Labute approximate surface area is 189 Å². The second-order valence-electron chi connectivity index (χ2n) is 7.63. The third kappa shape index (κ3) is 3.29. The molecule has 0 N–H and O–H groups in total. The summed E-state index contributed by atoms with van der Waals surface area (Å²) in [5.41, 5.74) is 2.45. The smallest absolute Gasteiger partial charge is 0.262 e. The van der Waals surface area contributed by atoms with Gasteiger partial charge in [0.2, 0.25) is 0 Å². The van der Waals surface area contributed by atoms with Crippen LogP contribution in [-0.4, -0.2) is 35.9 Å². The van der Waals surface area contributed by atoms with E-state index in [4.69, 9.17) is 9.47 Å². The average Bonchev–Trinajstić information content (AvgIpc) is 3.07. The van der Waals surface area contributed by atoms with Gasteiger partial charge in [-0.15, -0.1) is 0 Å². The molecular formula is C26H19FN2O4. The van der Waals surface area contributed by atoms with E-state index in [-0.39, 0.29) is 18.0 Å². The molecule has 0 bridgehead atoms. The normalized spacial score (nSPS) is 12.9. The first-order valence-corrected chi connectivity index (χ1v) is 10.3. The number of imide groups is 1. The Morgan fingerprint density at radius 1 is 0.879 bits per heavy atom. The van der Waals surface area contributed by atoms with Crippen LogP contribution >= 0.6 is 0 Å². The van der Waals surface area contributed by atoms with Crippen molar-refractivity contribution in [3.05, 3.63) is 89.5 Å². The zero-order valence-electron chi connectivity index (χ0n) is 18.0. The molecule has 1 aromatic heterocycles. The second-order valence-corrected chi connectivity index (χ2v) is 7.63. The van der Waals surface area contributed by atoms with Gasteiger partial charge in [-0.25, -0.2) is 4.39 Å². The van der Waals surface area contributed by atoms with Gasteiger partial charge >= 0.3 is 0 Å². The SMILES string of the molecule is COc1ccc2cc3c(c(-c4ccc(F)cc4)c2c1OC)C(=O)N(Cc1ccncc1)C3=O. The number of methoxy groups -OCH3 is 2. The highest BCUT2D eigenvalue weighted by molar-refractivity contribution is 6.28. The monoisotopic (exact) mass is 442 g/mol. The standard InChI is InChI=1S/C26H19FN2O4/c1-32-20-8-5-17-13-19-23(26(31)29(25(19)30)14-15-9-11-28-12-10-15)21(22(17)24(20)33-2)16-3-6-18(27)7-4-16/h3-13H,14H2,1-2H3. The molecule has 4 aromatic rings. The maximum Gasteiger partial charge on any atom is 0.262 e. The largest absolute Gasteiger partial charge is 0.493 e. The highest BCUT2D eigenvalue weighted by atomic mass is 19.1. The molecule has 3 aromatic carbocycles. The minimum atomic E-state index is -0.419. The minimum Gasteiger partial charge on any atom is -0.493 e. The van der Waals surface area contributed by atoms with E-state index in [1.165, 1.54) is 31.3 Å². The van der Waals surface area contributed by atoms with Crippen molar-refractivity contribution in [2.45, 2.75) is 6.54 Å². The van der Waals surface area contributed by atoms with E-state index >= 15 is 0 Å². The summed E-state index contributed by atoms with van der Waals surface area (Å²) in [7, 11) is 3.04. The summed E-state index contributed by atoms with van der Waals surface area (Å²) in [6, 6.07) is 14.6. The predicted molar refractivity (Wildman–Crippen MR) is 121 cm³/mol. The Morgan fingerprint density at radius 3 is 2.27 bits per heavy atom. The predicted octanol–water partition coefficient (Wildman–Crippen LogP) is 4.85. The first-order valence-electron chi connectivity index (χ1n) is 10.3. The Hall–Kier alpha value is -4.26. The molecule has 0 fully saturated rings. The van der Waals surface area contributed by atoms with Gasteiger partial charge in [0.1, 0.15) is 5.82 Å². The van der Waals surface area contributed by atoms with Gasteiger partial charge < -0.3 is 9.47 Å². The van der Waals surface area contributed by atoms with Crippen LogP contribution in [0.1, 0.15) is 26.3 Å². The number of benzene rings is 3. The number of carbonyl (C=O) groups is 2. The van der Waals surface area contributed by atoms with Gasteiger partial charge in [-0.1, -0.05) is 18.2 Å². The van der Waals surface area contributed by atoms with E-state index in [1.807, 2.05) is 6.07 Å². The molecule has 5 rings (SSSR count). The molecule has 164 valence electrons. The fourth-order valence-corrected chi connectivity index (χ4v) is 4.29. The lowest BCUT2D eigenvalue weighted by Gasteiger charge is -2.17. The van der Waals surface area contributed by atoms with Crippen molar-refractivity contribution < 1.29 is 23.5 Å². The highest BCUT2D eigenvalue weighted by Gasteiger charge is 2.39. The summed E-state index contributed by atoms with van der Waals surface area (Å²) >= 11 is 0. The summed E-state index contributed by atoms with van der Waals surface area (Å²) in [5.74, 6) is -0.282. The molecule has 0 saturated carbocycles. The molecule has 1 aliphatic rings. The Bertz CT molecular complexity index is 1400. The fraction of sp³-hybridized carbons (Fsp3) is 0.115. The molecule has 0 saturated heterocycles. The number of rotatable bonds is 5. The number of pyridine rings is 1. The molecule has 1 aliphatic heterocycles. The van der Waals surface area contributed by atoms with Crippen molar-refractivity contribution in [3.63, 3.8) is 0 Å². The Kier molecular flexibility index (Phi) is 5.01. The number of fused-ring (bicyclic) bond motifs is 2. The zero-order valence-corrected chi connectivity index (χ0v) is 18.0. The summed E-state index contributed by atoms with van der Waals surface area (Å²) in [5, 5.41) is 1.33. The molecule has 6 nitrogen and oxygen atoms in total. The molecule has 33 heavy (non-hydrogen) atoms. The van der Waals surface area contributed by atoms with E-state index in [0.29, 0.717) is 39.0 Å². The molecule has 2 amide bonds.